The number of pyridine rings is 1. The van der Waals surface area contributed by atoms with Gasteiger partial charge in [0, 0.05) is 12.6 Å². The minimum absolute atomic E-state index is 0.0890. The van der Waals surface area contributed by atoms with Crippen molar-refractivity contribution in [2.75, 3.05) is 25.6 Å². The van der Waals surface area contributed by atoms with Gasteiger partial charge in [-0.25, -0.2) is 9.78 Å². The van der Waals surface area contributed by atoms with E-state index in [1.54, 1.807) is 12.1 Å². The average Bonchev–Trinajstić information content (AvgIpc) is 2.27. The molecule has 3 N–H and O–H groups in total. The zero-order valence-corrected chi connectivity index (χ0v) is 8.36. The Hall–Kier alpha value is -1.82. The third-order valence-electron chi connectivity index (χ3n) is 1.60. The van der Waals surface area contributed by atoms with Crippen molar-refractivity contribution in [3.63, 3.8) is 0 Å². The number of nitrogens with zero attached hydrogens (tertiary/aromatic N) is 1. The molecule has 0 aromatic carbocycles. The van der Waals surface area contributed by atoms with E-state index in [4.69, 9.17) is 9.84 Å². The van der Waals surface area contributed by atoms with Crippen molar-refractivity contribution in [3.8, 4) is 5.88 Å². The average molecular weight is 211 g/mol. The van der Waals surface area contributed by atoms with Crippen LogP contribution in [-0.2, 0) is 0 Å². The summed E-state index contributed by atoms with van der Waals surface area (Å²) in [4.78, 5) is 15.0. The predicted octanol–water partition coefficient (Wildman–Crippen LogP) is 0.204. The number of carbonyl (C=O) groups excluding carboxylic acids is 1. The van der Waals surface area contributed by atoms with E-state index in [-0.39, 0.29) is 19.2 Å². The Morgan fingerprint density at radius 2 is 2.40 bits per heavy atom. The van der Waals surface area contributed by atoms with Crippen molar-refractivity contribution >= 4 is 11.7 Å². The van der Waals surface area contributed by atoms with E-state index in [9.17, 15) is 4.79 Å². The van der Waals surface area contributed by atoms with Crippen LogP contribution in [-0.4, -0.2) is 36.4 Å². The van der Waals surface area contributed by atoms with Crippen LogP contribution in [0.2, 0.25) is 0 Å². The van der Waals surface area contributed by atoms with Gasteiger partial charge in [0.1, 0.15) is 0 Å². The first kappa shape index (κ1) is 11.3. The number of ether oxygens (including phenoxy) is 1. The quantitative estimate of drug-likeness (QED) is 0.664. The number of anilines is 1. The van der Waals surface area contributed by atoms with Crippen molar-refractivity contribution in [2.24, 2.45) is 0 Å². The lowest BCUT2D eigenvalue weighted by atomic mass is 10.4. The first-order chi connectivity index (χ1) is 7.26. The second-order valence-corrected chi connectivity index (χ2v) is 2.69. The molecule has 0 unspecified atom stereocenters. The van der Waals surface area contributed by atoms with Gasteiger partial charge >= 0.3 is 6.03 Å². The fourth-order valence-corrected chi connectivity index (χ4v) is 0.920. The smallest absolute Gasteiger partial charge is 0.319 e. The number of aliphatic hydroxyl groups excluding tert-OH is 1. The monoisotopic (exact) mass is 211 g/mol. The molecule has 0 saturated heterocycles. The SMILES string of the molecule is COc1ccc(NC(=O)NCCO)cn1. The van der Waals surface area contributed by atoms with Gasteiger partial charge in [0.2, 0.25) is 5.88 Å². The van der Waals surface area contributed by atoms with Gasteiger partial charge in [-0.3, -0.25) is 0 Å². The van der Waals surface area contributed by atoms with Crippen LogP contribution in [0.15, 0.2) is 18.3 Å². The number of carbonyl (C=O) groups is 1. The molecule has 0 fully saturated rings. The Labute approximate surface area is 87.3 Å². The van der Waals surface area contributed by atoms with Crippen molar-refractivity contribution in [1.29, 1.82) is 0 Å². The van der Waals surface area contributed by atoms with Gasteiger partial charge in [0.15, 0.2) is 0 Å². The highest BCUT2D eigenvalue weighted by molar-refractivity contribution is 5.88. The van der Waals surface area contributed by atoms with Crippen LogP contribution >= 0.6 is 0 Å². The topological polar surface area (TPSA) is 83.5 Å². The van der Waals surface area contributed by atoms with Crippen LogP contribution in [0.25, 0.3) is 0 Å². The maximum Gasteiger partial charge on any atom is 0.319 e. The van der Waals surface area contributed by atoms with E-state index in [1.807, 2.05) is 0 Å². The maximum atomic E-state index is 11.1. The first-order valence-corrected chi connectivity index (χ1v) is 4.42. The zero-order valence-electron chi connectivity index (χ0n) is 8.36. The van der Waals surface area contributed by atoms with E-state index in [0.29, 0.717) is 11.6 Å². The second-order valence-electron chi connectivity index (χ2n) is 2.69. The molecule has 6 heteroatoms. The summed E-state index contributed by atoms with van der Waals surface area (Å²) < 4.78 is 4.87. The zero-order chi connectivity index (χ0) is 11.1. The molecular weight excluding hydrogens is 198 g/mol. The van der Waals surface area contributed by atoms with Crippen LogP contribution in [0.1, 0.15) is 0 Å². The fraction of sp³-hybridized carbons (Fsp3) is 0.333. The molecule has 82 valence electrons. The van der Waals surface area contributed by atoms with Crippen molar-refractivity contribution < 1.29 is 14.6 Å². The Kier molecular flexibility index (Phi) is 4.36. The minimum atomic E-state index is -0.379. The maximum absolute atomic E-state index is 11.1. The van der Waals surface area contributed by atoms with E-state index in [1.165, 1.54) is 13.3 Å². The standard InChI is InChI=1S/C9H13N3O3/c1-15-8-3-2-7(6-11-8)12-9(14)10-4-5-13/h2-3,6,13H,4-5H2,1H3,(H2,10,12,14). The van der Waals surface area contributed by atoms with Crippen LogP contribution in [0.5, 0.6) is 5.88 Å². The Morgan fingerprint density at radius 3 is 2.93 bits per heavy atom. The van der Waals surface area contributed by atoms with Crippen LogP contribution in [0, 0.1) is 0 Å². The summed E-state index contributed by atoms with van der Waals surface area (Å²) in [5.74, 6) is 0.483. The molecule has 0 aliphatic carbocycles. The lowest BCUT2D eigenvalue weighted by Gasteiger charge is -2.06. The Balaban J connectivity index is 2.46. The summed E-state index contributed by atoms with van der Waals surface area (Å²) in [5.41, 5.74) is 0.561. The second kappa shape index (κ2) is 5.82. The number of hydrogen-bond acceptors (Lipinski definition) is 4. The van der Waals surface area contributed by atoms with Crippen molar-refractivity contribution in [1.82, 2.24) is 10.3 Å². The van der Waals surface area contributed by atoms with Gasteiger partial charge in [-0.15, -0.1) is 0 Å². The molecule has 0 bridgehead atoms. The largest absolute Gasteiger partial charge is 0.481 e. The molecule has 1 aromatic rings. The minimum Gasteiger partial charge on any atom is -0.481 e. The van der Waals surface area contributed by atoms with E-state index < -0.39 is 0 Å². The number of rotatable bonds is 4. The lowest BCUT2D eigenvalue weighted by molar-refractivity contribution is 0.245. The fourth-order valence-electron chi connectivity index (χ4n) is 0.920. The van der Waals surface area contributed by atoms with Crippen LogP contribution < -0.4 is 15.4 Å². The molecule has 0 spiro atoms. The van der Waals surface area contributed by atoms with Crippen molar-refractivity contribution in [2.45, 2.75) is 0 Å². The summed E-state index contributed by atoms with van der Waals surface area (Å²) >= 11 is 0. The van der Waals surface area contributed by atoms with Crippen LogP contribution in [0.4, 0.5) is 10.5 Å². The van der Waals surface area contributed by atoms with Gasteiger partial charge in [-0.1, -0.05) is 0 Å². The van der Waals surface area contributed by atoms with E-state index >= 15 is 0 Å². The highest BCUT2D eigenvalue weighted by Crippen LogP contribution is 2.10. The molecule has 0 radical (unpaired) electrons. The number of aromatic nitrogens is 1. The molecule has 6 nitrogen and oxygen atoms in total. The molecule has 2 amide bonds. The third kappa shape index (κ3) is 3.82. The highest BCUT2D eigenvalue weighted by Gasteiger charge is 2.00. The third-order valence-corrected chi connectivity index (χ3v) is 1.60. The van der Waals surface area contributed by atoms with Gasteiger partial charge in [-0.2, -0.15) is 0 Å². The summed E-state index contributed by atoms with van der Waals surface area (Å²) in [7, 11) is 1.52. The molecule has 0 aliphatic rings. The highest BCUT2D eigenvalue weighted by atomic mass is 16.5. The summed E-state index contributed by atoms with van der Waals surface area (Å²) in [6.45, 7) is 0.129. The molecule has 1 rings (SSSR count). The van der Waals surface area contributed by atoms with E-state index in [0.717, 1.165) is 0 Å². The number of aliphatic hydroxyl groups is 1. The number of urea groups is 1. The number of nitrogens with one attached hydrogen (secondary N) is 2. The lowest BCUT2D eigenvalue weighted by Crippen LogP contribution is -2.30. The Bertz CT molecular complexity index is 313. The molecule has 1 aromatic heterocycles. The summed E-state index contributed by atoms with van der Waals surface area (Å²) in [6, 6.07) is 2.93. The van der Waals surface area contributed by atoms with Gasteiger partial charge in [-0.05, 0) is 6.07 Å². The number of methoxy groups -OCH3 is 1. The predicted molar refractivity (Wildman–Crippen MR) is 54.9 cm³/mol. The van der Waals surface area contributed by atoms with Crippen molar-refractivity contribution in [3.05, 3.63) is 18.3 Å². The summed E-state index contributed by atoms with van der Waals surface area (Å²) in [6.07, 6.45) is 1.48. The van der Waals surface area contributed by atoms with Gasteiger partial charge in [0.25, 0.3) is 0 Å². The van der Waals surface area contributed by atoms with Gasteiger partial charge in [0.05, 0.1) is 25.6 Å². The normalized spacial score (nSPS) is 9.47. The molecule has 0 saturated carbocycles. The van der Waals surface area contributed by atoms with Gasteiger partial charge < -0.3 is 20.5 Å². The molecule has 0 aliphatic heterocycles. The molecule has 0 atom stereocenters. The van der Waals surface area contributed by atoms with Crippen LogP contribution in [0.3, 0.4) is 0 Å². The molecular formula is C9H13N3O3. The first-order valence-electron chi connectivity index (χ1n) is 4.42. The number of hydrogen-bond donors (Lipinski definition) is 3. The Morgan fingerprint density at radius 1 is 1.60 bits per heavy atom. The molecule has 15 heavy (non-hydrogen) atoms. The number of amides is 2. The molecule has 1 heterocycles. The summed E-state index contributed by atoms with van der Waals surface area (Å²) in [5, 5.41) is 13.5. The van der Waals surface area contributed by atoms with E-state index in [2.05, 4.69) is 15.6 Å².